The van der Waals surface area contributed by atoms with Crippen molar-refractivity contribution >= 4 is 5.91 Å². The molecule has 25 heavy (non-hydrogen) atoms. The van der Waals surface area contributed by atoms with Gasteiger partial charge in [-0.3, -0.25) is 4.79 Å². The van der Waals surface area contributed by atoms with Gasteiger partial charge in [0.15, 0.2) is 11.5 Å². The van der Waals surface area contributed by atoms with Gasteiger partial charge in [0.2, 0.25) is 5.91 Å². The zero-order chi connectivity index (χ0) is 18.4. The fourth-order valence-corrected chi connectivity index (χ4v) is 2.69. The summed E-state index contributed by atoms with van der Waals surface area (Å²) >= 11 is 0. The lowest BCUT2D eigenvalue weighted by atomic mass is 10.0. The van der Waals surface area contributed by atoms with Crippen molar-refractivity contribution in [2.45, 2.75) is 26.8 Å². The van der Waals surface area contributed by atoms with Crippen LogP contribution in [0.3, 0.4) is 0 Å². The molecule has 0 aliphatic rings. The Kier molecular flexibility index (Phi) is 6.28. The van der Waals surface area contributed by atoms with Crippen LogP contribution in [-0.2, 0) is 17.8 Å². The number of amides is 1. The zero-order valence-electron chi connectivity index (χ0n) is 15.4. The number of carbonyl (C=O) groups is 1. The lowest BCUT2D eigenvalue weighted by molar-refractivity contribution is -0.120. The second kappa shape index (κ2) is 8.42. The molecule has 0 atom stereocenters. The molecule has 0 heterocycles. The van der Waals surface area contributed by atoms with E-state index in [2.05, 4.69) is 5.32 Å². The van der Waals surface area contributed by atoms with Gasteiger partial charge in [-0.25, -0.2) is 0 Å². The first-order chi connectivity index (χ1) is 12.0. The summed E-state index contributed by atoms with van der Waals surface area (Å²) in [5.41, 5.74) is 4.10. The average molecular weight is 343 g/mol. The van der Waals surface area contributed by atoms with Crippen LogP contribution < -0.4 is 19.5 Å². The molecule has 0 saturated heterocycles. The highest BCUT2D eigenvalue weighted by Crippen LogP contribution is 2.27. The second-order valence-electron chi connectivity index (χ2n) is 5.89. The third-order valence-corrected chi connectivity index (χ3v) is 4.14. The fourth-order valence-electron chi connectivity index (χ4n) is 2.69. The molecule has 1 amide bonds. The van der Waals surface area contributed by atoms with Gasteiger partial charge < -0.3 is 19.5 Å². The van der Waals surface area contributed by atoms with E-state index in [1.807, 2.05) is 38.1 Å². The van der Waals surface area contributed by atoms with Crippen LogP contribution in [0.1, 0.15) is 22.3 Å². The largest absolute Gasteiger partial charge is 0.496 e. The summed E-state index contributed by atoms with van der Waals surface area (Å²) in [5, 5.41) is 2.97. The summed E-state index contributed by atoms with van der Waals surface area (Å²) in [5.74, 6) is 2.09. The molecular weight excluding hydrogens is 318 g/mol. The van der Waals surface area contributed by atoms with E-state index in [0.717, 1.165) is 28.0 Å². The SMILES string of the molecule is COc1cc(C)c(CNC(=O)Cc2ccc(OC)c(OC)c2)cc1C. The summed E-state index contributed by atoms with van der Waals surface area (Å²) < 4.78 is 15.8. The smallest absolute Gasteiger partial charge is 0.224 e. The number of carbonyl (C=O) groups excluding carboxylic acids is 1. The number of hydrogen-bond acceptors (Lipinski definition) is 4. The molecule has 2 aromatic carbocycles. The van der Waals surface area contributed by atoms with Crippen molar-refractivity contribution in [3.05, 3.63) is 52.6 Å². The summed E-state index contributed by atoms with van der Waals surface area (Å²) in [6.07, 6.45) is 0.286. The molecule has 0 saturated carbocycles. The Morgan fingerprint density at radius 2 is 1.56 bits per heavy atom. The van der Waals surface area contributed by atoms with Crippen molar-refractivity contribution in [2.24, 2.45) is 0 Å². The number of rotatable bonds is 7. The van der Waals surface area contributed by atoms with Crippen molar-refractivity contribution in [1.82, 2.24) is 5.32 Å². The number of benzene rings is 2. The van der Waals surface area contributed by atoms with Crippen LogP contribution in [0.2, 0.25) is 0 Å². The Labute approximate surface area is 148 Å². The molecule has 0 aromatic heterocycles. The first-order valence-corrected chi connectivity index (χ1v) is 8.10. The van der Waals surface area contributed by atoms with Gasteiger partial charge in [0, 0.05) is 6.54 Å². The highest BCUT2D eigenvalue weighted by Gasteiger charge is 2.10. The van der Waals surface area contributed by atoms with Gasteiger partial charge in [0.25, 0.3) is 0 Å². The maximum Gasteiger partial charge on any atom is 0.224 e. The summed E-state index contributed by atoms with van der Waals surface area (Å²) in [6.45, 7) is 4.49. The zero-order valence-corrected chi connectivity index (χ0v) is 15.4. The molecule has 0 spiro atoms. The maximum atomic E-state index is 12.3. The molecule has 5 heteroatoms. The number of ether oxygens (including phenoxy) is 3. The predicted molar refractivity (Wildman–Crippen MR) is 97.6 cm³/mol. The molecule has 0 aliphatic heterocycles. The van der Waals surface area contributed by atoms with Gasteiger partial charge in [0.05, 0.1) is 27.8 Å². The third-order valence-electron chi connectivity index (χ3n) is 4.14. The Bertz CT molecular complexity index is 756. The Hall–Kier alpha value is -2.69. The van der Waals surface area contributed by atoms with Crippen molar-refractivity contribution in [1.29, 1.82) is 0 Å². The predicted octanol–water partition coefficient (Wildman–Crippen LogP) is 3.19. The van der Waals surface area contributed by atoms with Crippen LogP contribution >= 0.6 is 0 Å². The van der Waals surface area contributed by atoms with Crippen molar-refractivity contribution in [3.63, 3.8) is 0 Å². The minimum Gasteiger partial charge on any atom is -0.496 e. The van der Waals surface area contributed by atoms with E-state index in [4.69, 9.17) is 14.2 Å². The molecular formula is C20H25NO4. The van der Waals surface area contributed by atoms with Crippen LogP contribution in [0, 0.1) is 13.8 Å². The number of methoxy groups -OCH3 is 3. The van der Waals surface area contributed by atoms with E-state index in [0.29, 0.717) is 18.0 Å². The fraction of sp³-hybridized carbons (Fsp3) is 0.350. The summed E-state index contributed by atoms with van der Waals surface area (Å²) in [6, 6.07) is 9.53. The Morgan fingerprint density at radius 3 is 2.20 bits per heavy atom. The topological polar surface area (TPSA) is 56.8 Å². The summed E-state index contributed by atoms with van der Waals surface area (Å²) in [7, 11) is 4.83. The minimum atomic E-state index is -0.0416. The highest BCUT2D eigenvalue weighted by molar-refractivity contribution is 5.78. The first kappa shape index (κ1) is 18.6. The van der Waals surface area contributed by atoms with Crippen LogP contribution in [0.15, 0.2) is 30.3 Å². The number of aryl methyl sites for hydroxylation is 2. The maximum absolute atomic E-state index is 12.3. The van der Waals surface area contributed by atoms with Gasteiger partial charge in [-0.1, -0.05) is 12.1 Å². The van der Waals surface area contributed by atoms with Crippen molar-refractivity contribution in [3.8, 4) is 17.2 Å². The van der Waals surface area contributed by atoms with Crippen molar-refractivity contribution in [2.75, 3.05) is 21.3 Å². The monoisotopic (exact) mass is 343 g/mol. The molecule has 1 N–H and O–H groups in total. The lowest BCUT2D eigenvalue weighted by Gasteiger charge is -2.13. The van der Waals surface area contributed by atoms with Gasteiger partial charge in [-0.05, 0) is 54.3 Å². The molecule has 134 valence electrons. The lowest BCUT2D eigenvalue weighted by Crippen LogP contribution is -2.25. The second-order valence-corrected chi connectivity index (χ2v) is 5.89. The molecule has 2 rings (SSSR count). The quantitative estimate of drug-likeness (QED) is 0.839. The van der Waals surface area contributed by atoms with Crippen LogP contribution in [0.5, 0.6) is 17.2 Å². The highest BCUT2D eigenvalue weighted by atomic mass is 16.5. The molecule has 0 radical (unpaired) electrons. The van der Waals surface area contributed by atoms with E-state index in [9.17, 15) is 4.79 Å². The number of nitrogens with one attached hydrogen (secondary N) is 1. The molecule has 0 fully saturated rings. The Balaban J connectivity index is 2.00. The van der Waals surface area contributed by atoms with Gasteiger partial charge in [-0.2, -0.15) is 0 Å². The normalized spacial score (nSPS) is 10.3. The van der Waals surface area contributed by atoms with E-state index in [1.165, 1.54) is 0 Å². The molecule has 0 aliphatic carbocycles. The average Bonchev–Trinajstić information content (AvgIpc) is 2.61. The molecule has 0 bridgehead atoms. The van der Waals surface area contributed by atoms with Crippen LogP contribution in [0.4, 0.5) is 0 Å². The van der Waals surface area contributed by atoms with E-state index in [-0.39, 0.29) is 12.3 Å². The Morgan fingerprint density at radius 1 is 0.880 bits per heavy atom. The van der Waals surface area contributed by atoms with Crippen LogP contribution in [0.25, 0.3) is 0 Å². The third kappa shape index (κ3) is 4.66. The molecule has 0 unspecified atom stereocenters. The standard InChI is InChI=1S/C20H25NO4/c1-13-9-18(24-4)14(2)8-16(13)12-21-20(22)11-15-6-7-17(23-3)19(10-15)25-5/h6-10H,11-12H2,1-5H3,(H,21,22). The molecule has 2 aromatic rings. The van der Waals surface area contributed by atoms with Gasteiger partial charge in [0.1, 0.15) is 5.75 Å². The van der Waals surface area contributed by atoms with E-state index in [1.54, 1.807) is 27.4 Å². The molecule has 5 nitrogen and oxygen atoms in total. The van der Waals surface area contributed by atoms with E-state index >= 15 is 0 Å². The van der Waals surface area contributed by atoms with Crippen molar-refractivity contribution < 1.29 is 19.0 Å². The van der Waals surface area contributed by atoms with Gasteiger partial charge in [-0.15, -0.1) is 0 Å². The summed E-state index contributed by atoms with van der Waals surface area (Å²) in [4.78, 5) is 12.3. The minimum absolute atomic E-state index is 0.0416. The van der Waals surface area contributed by atoms with Gasteiger partial charge >= 0.3 is 0 Å². The van der Waals surface area contributed by atoms with Crippen LogP contribution in [-0.4, -0.2) is 27.2 Å². The van der Waals surface area contributed by atoms with E-state index < -0.39 is 0 Å². The first-order valence-electron chi connectivity index (χ1n) is 8.10. The number of hydrogen-bond donors (Lipinski definition) is 1.